The van der Waals surface area contributed by atoms with Crippen LogP contribution in [0.25, 0.3) is 55.3 Å². The highest BCUT2D eigenvalue weighted by molar-refractivity contribution is 6.07. The third-order valence-corrected chi connectivity index (χ3v) is 12.0. The predicted molar refractivity (Wildman–Crippen MR) is 210 cm³/mol. The van der Waals surface area contributed by atoms with Gasteiger partial charge in [0.1, 0.15) is 11.5 Å². The molecule has 51 heavy (non-hydrogen) atoms. The minimum Gasteiger partial charge on any atom is -0.456 e. The lowest BCUT2D eigenvalue weighted by Gasteiger charge is -2.40. The summed E-state index contributed by atoms with van der Waals surface area (Å²) in [5.74, 6) is 1.85. The molecule has 0 saturated heterocycles. The molecule has 8 aromatic carbocycles. The summed E-state index contributed by atoms with van der Waals surface area (Å²) in [6, 6.07) is 62.7. The van der Waals surface area contributed by atoms with E-state index in [9.17, 15) is 0 Å². The number of rotatable bonds is 2. The molecule has 0 amide bonds. The Kier molecular flexibility index (Phi) is 5.72. The quantitative estimate of drug-likeness (QED) is 0.181. The van der Waals surface area contributed by atoms with Gasteiger partial charge in [-0.1, -0.05) is 172 Å². The second-order valence-electron chi connectivity index (χ2n) is 14.7. The van der Waals surface area contributed by atoms with Gasteiger partial charge in [0, 0.05) is 21.9 Å². The van der Waals surface area contributed by atoms with Gasteiger partial charge in [-0.3, -0.25) is 0 Å². The molecule has 0 N–H and O–H groups in total. The molecular weight excluding hydrogens is 617 g/mol. The zero-order valence-electron chi connectivity index (χ0n) is 28.6. The first-order valence-corrected chi connectivity index (χ1v) is 17.9. The van der Waals surface area contributed by atoms with Gasteiger partial charge in [0.15, 0.2) is 0 Å². The average molecular weight is 651 g/mol. The molecule has 8 aromatic rings. The van der Waals surface area contributed by atoms with E-state index < -0.39 is 5.41 Å². The fourth-order valence-corrected chi connectivity index (χ4v) is 9.83. The van der Waals surface area contributed by atoms with Crippen LogP contribution < -0.4 is 4.74 Å². The maximum atomic E-state index is 7.04. The summed E-state index contributed by atoms with van der Waals surface area (Å²) in [4.78, 5) is 0. The minimum atomic E-state index is -0.540. The van der Waals surface area contributed by atoms with Crippen LogP contribution in [0, 0.1) is 0 Å². The van der Waals surface area contributed by atoms with E-state index in [0.717, 1.165) is 16.9 Å². The molecule has 0 aromatic heterocycles. The Balaban J connectivity index is 1.26. The monoisotopic (exact) mass is 650 g/mol. The third-order valence-electron chi connectivity index (χ3n) is 12.0. The lowest BCUT2D eigenvalue weighted by Crippen LogP contribution is -2.32. The van der Waals surface area contributed by atoms with E-state index in [1.165, 1.54) is 83.3 Å². The summed E-state index contributed by atoms with van der Waals surface area (Å²) >= 11 is 0. The lowest BCUT2D eigenvalue weighted by molar-refractivity contribution is 0.442. The standard InChI is InChI=1S/C50H34O/c1-49(2)40-24-10-9-22-38(40)47-36(23-15-28-44(47)49)31-16-3-4-17-32(31)39-30-45-48(37-21-6-5-18-33(37)39)51-46-29-14-13-27-43(46)50(45)41-25-11-7-19-34(41)35-20-8-12-26-42(35)50/h3-30H,1-2H3. The van der Waals surface area contributed by atoms with Gasteiger partial charge < -0.3 is 4.74 Å². The highest BCUT2D eigenvalue weighted by Gasteiger charge is 2.51. The summed E-state index contributed by atoms with van der Waals surface area (Å²) in [7, 11) is 0. The van der Waals surface area contributed by atoms with Gasteiger partial charge in [0.25, 0.3) is 0 Å². The number of hydrogen-bond acceptors (Lipinski definition) is 1. The van der Waals surface area contributed by atoms with Crippen molar-refractivity contribution < 1.29 is 4.74 Å². The lowest BCUT2D eigenvalue weighted by atomic mass is 9.65. The molecule has 3 aliphatic rings. The fraction of sp³-hybridized carbons (Fsp3) is 0.0800. The van der Waals surface area contributed by atoms with Gasteiger partial charge in [-0.15, -0.1) is 0 Å². The first kappa shape index (κ1) is 28.6. The van der Waals surface area contributed by atoms with Crippen LogP contribution in [0.1, 0.15) is 47.2 Å². The normalized spacial score (nSPS) is 14.9. The molecule has 1 spiro atoms. The Morgan fingerprint density at radius 1 is 0.353 bits per heavy atom. The molecule has 0 atom stereocenters. The zero-order chi connectivity index (χ0) is 33.9. The number of benzene rings is 8. The number of fused-ring (bicyclic) bond motifs is 14. The molecule has 11 rings (SSSR count). The maximum Gasteiger partial charge on any atom is 0.140 e. The largest absolute Gasteiger partial charge is 0.456 e. The van der Waals surface area contributed by atoms with Crippen LogP contribution in [-0.4, -0.2) is 0 Å². The van der Waals surface area contributed by atoms with Crippen molar-refractivity contribution in [2.75, 3.05) is 0 Å². The summed E-state index contributed by atoms with van der Waals surface area (Å²) in [6.45, 7) is 4.72. The van der Waals surface area contributed by atoms with Crippen LogP contribution in [0.2, 0.25) is 0 Å². The number of hydrogen-bond donors (Lipinski definition) is 0. The van der Waals surface area contributed by atoms with E-state index in [0.29, 0.717) is 0 Å². The Labute approximate surface area is 298 Å². The second-order valence-corrected chi connectivity index (χ2v) is 14.7. The van der Waals surface area contributed by atoms with Crippen molar-refractivity contribution in [2.24, 2.45) is 0 Å². The SMILES string of the molecule is CC1(C)c2ccccc2-c2c(-c3ccccc3-c3cc4c(c5ccccc35)Oc3ccccc3C43c4ccccc4-c4ccccc43)cccc21. The highest BCUT2D eigenvalue weighted by Crippen LogP contribution is 2.64. The van der Waals surface area contributed by atoms with Crippen molar-refractivity contribution in [2.45, 2.75) is 24.7 Å². The topological polar surface area (TPSA) is 9.23 Å². The van der Waals surface area contributed by atoms with Crippen LogP contribution >= 0.6 is 0 Å². The maximum absolute atomic E-state index is 7.04. The van der Waals surface area contributed by atoms with Crippen LogP contribution in [-0.2, 0) is 10.8 Å². The number of ether oxygens (including phenoxy) is 1. The molecule has 0 saturated carbocycles. The van der Waals surface area contributed by atoms with E-state index >= 15 is 0 Å². The van der Waals surface area contributed by atoms with Crippen LogP contribution in [0.3, 0.4) is 0 Å². The Hall–Kier alpha value is -6.18. The zero-order valence-corrected chi connectivity index (χ0v) is 28.6. The van der Waals surface area contributed by atoms with Crippen molar-refractivity contribution in [1.82, 2.24) is 0 Å². The molecule has 0 unspecified atom stereocenters. The van der Waals surface area contributed by atoms with Crippen molar-refractivity contribution in [3.05, 3.63) is 203 Å². The smallest absolute Gasteiger partial charge is 0.140 e. The molecular formula is C50H34O. The molecule has 1 heterocycles. The van der Waals surface area contributed by atoms with E-state index in [4.69, 9.17) is 4.74 Å². The first-order valence-electron chi connectivity index (χ1n) is 17.9. The molecule has 1 heteroatoms. The van der Waals surface area contributed by atoms with Gasteiger partial charge in [0.2, 0.25) is 0 Å². The van der Waals surface area contributed by atoms with Crippen molar-refractivity contribution >= 4 is 10.8 Å². The van der Waals surface area contributed by atoms with Gasteiger partial charge in [-0.05, 0) is 84.3 Å². The van der Waals surface area contributed by atoms with E-state index in [-0.39, 0.29) is 5.41 Å². The third kappa shape index (κ3) is 3.60. The summed E-state index contributed by atoms with van der Waals surface area (Å²) in [6.07, 6.45) is 0. The van der Waals surface area contributed by atoms with Crippen LogP contribution in [0.5, 0.6) is 11.5 Å². The molecule has 1 aliphatic heterocycles. The highest BCUT2D eigenvalue weighted by atomic mass is 16.5. The fourth-order valence-electron chi connectivity index (χ4n) is 9.83. The Morgan fingerprint density at radius 3 is 1.55 bits per heavy atom. The van der Waals surface area contributed by atoms with E-state index in [1.54, 1.807) is 0 Å². The van der Waals surface area contributed by atoms with Gasteiger partial charge >= 0.3 is 0 Å². The molecule has 0 bridgehead atoms. The van der Waals surface area contributed by atoms with Crippen molar-refractivity contribution in [3.8, 4) is 56.0 Å². The van der Waals surface area contributed by atoms with Crippen LogP contribution in [0.4, 0.5) is 0 Å². The first-order chi connectivity index (χ1) is 25.1. The summed E-state index contributed by atoms with van der Waals surface area (Å²) in [5.41, 5.74) is 17.3. The predicted octanol–water partition coefficient (Wildman–Crippen LogP) is 12.9. The Bertz CT molecular complexity index is 2720. The van der Waals surface area contributed by atoms with Crippen LogP contribution in [0.15, 0.2) is 170 Å². The molecule has 1 nitrogen and oxygen atoms in total. The van der Waals surface area contributed by atoms with E-state index in [1.807, 2.05) is 0 Å². The molecule has 0 fully saturated rings. The van der Waals surface area contributed by atoms with E-state index in [2.05, 4.69) is 184 Å². The second kappa shape index (κ2) is 10.2. The van der Waals surface area contributed by atoms with Gasteiger partial charge in [0.05, 0.1) is 5.41 Å². The summed E-state index contributed by atoms with van der Waals surface area (Å²) in [5, 5.41) is 2.31. The average Bonchev–Trinajstić information content (AvgIpc) is 3.61. The van der Waals surface area contributed by atoms with Gasteiger partial charge in [-0.25, -0.2) is 0 Å². The summed E-state index contributed by atoms with van der Waals surface area (Å²) < 4.78 is 7.04. The molecule has 2 aliphatic carbocycles. The van der Waals surface area contributed by atoms with Crippen molar-refractivity contribution in [3.63, 3.8) is 0 Å². The Morgan fingerprint density at radius 2 is 0.843 bits per heavy atom. The molecule has 0 radical (unpaired) electrons. The van der Waals surface area contributed by atoms with Crippen molar-refractivity contribution in [1.29, 1.82) is 0 Å². The molecule has 240 valence electrons. The minimum absolute atomic E-state index is 0.0736. The van der Waals surface area contributed by atoms with Gasteiger partial charge in [-0.2, -0.15) is 0 Å². The number of para-hydroxylation sites is 1.